The van der Waals surface area contributed by atoms with Gasteiger partial charge in [0.15, 0.2) is 0 Å². The number of carbonyl (C=O) groups excluding carboxylic acids is 2. The Bertz CT molecular complexity index is 868. The number of halogens is 1. The highest BCUT2D eigenvalue weighted by atomic mass is 35.5. The first kappa shape index (κ1) is 22.6. The predicted octanol–water partition coefficient (Wildman–Crippen LogP) is 3.79. The predicted molar refractivity (Wildman–Crippen MR) is 118 cm³/mol. The maximum absolute atomic E-state index is 13.2. The molecular weight excluding hydrogens is 424 g/mol. The van der Waals surface area contributed by atoms with Crippen LogP contribution in [0.3, 0.4) is 0 Å². The molecule has 0 spiro atoms. The van der Waals surface area contributed by atoms with Crippen LogP contribution in [0.1, 0.15) is 30.3 Å². The van der Waals surface area contributed by atoms with Crippen molar-refractivity contribution in [1.29, 1.82) is 0 Å². The maximum Gasteiger partial charge on any atom is 0.249 e. The van der Waals surface area contributed by atoms with Crippen LogP contribution in [-0.2, 0) is 20.7 Å². The van der Waals surface area contributed by atoms with Crippen LogP contribution in [0.25, 0.3) is 0 Å². The van der Waals surface area contributed by atoms with Crippen LogP contribution in [0.2, 0.25) is 5.02 Å². The SMILES string of the molecule is COCC(=O)N(CC(=O)N1CCc2sccc2C1COc1ccc(Cl)cc1)C(C)C. The Morgan fingerprint density at radius 3 is 2.67 bits per heavy atom. The van der Waals surface area contributed by atoms with Crippen LogP contribution in [0.15, 0.2) is 35.7 Å². The average molecular weight is 451 g/mol. The number of methoxy groups -OCH3 is 1. The third-order valence-electron chi connectivity index (χ3n) is 5.15. The molecule has 1 aromatic heterocycles. The lowest BCUT2D eigenvalue weighted by molar-refractivity contribution is -0.146. The minimum absolute atomic E-state index is 0.0246. The van der Waals surface area contributed by atoms with Gasteiger partial charge in [-0.15, -0.1) is 11.3 Å². The van der Waals surface area contributed by atoms with Crippen LogP contribution in [0.4, 0.5) is 0 Å². The third-order valence-corrected chi connectivity index (χ3v) is 6.40. The van der Waals surface area contributed by atoms with Gasteiger partial charge in [0.25, 0.3) is 0 Å². The molecule has 2 amide bonds. The van der Waals surface area contributed by atoms with Crippen LogP contribution < -0.4 is 4.74 Å². The highest BCUT2D eigenvalue weighted by molar-refractivity contribution is 7.10. The van der Waals surface area contributed by atoms with E-state index in [-0.39, 0.29) is 37.0 Å². The van der Waals surface area contributed by atoms with Gasteiger partial charge in [0, 0.05) is 29.6 Å². The monoisotopic (exact) mass is 450 g/mol. The molecule has 8 heteroatoms. The Morgan fingerprint density at radius 1 is 1.27 bits per heavy atom. The van der Waals surface area contributed by atoms with Gasteiger partial charge in [-0.1, -0.05) is 11.6 Å². The molecule has 1 aliphatic rings. The lowest BCUT2D eigenvalue weighted by atomic mass is 10.0. The van der Waals surface area contributed by atoms with Crippen molar-refractivity contribution < 1.29 is 19.1 Å². The number of amides is 2. The second-order valence-electron chi connectivity index (χ2n) is 7.47. The van der Waals surface area contributed by atoms with Crippen molar-refractivity contribution in [2.24, 2.45) is 0 Å². The van der Waals surface area contributed by atoms with E-state index >= 15 is 0 Å². The smallest absolute Gasteiger partial charge is 0.249 e. The standard InChI is InChI=1S/C22H27ClN2O4S/c1-15(2)25(22(27)14-28-3)12-21(26)24-10-8-20-18(9-11-30-20)19(24)13-29-17-6-4-16(23)5-7-17/h4-7,9,11,15,19H,8,10,12-14H2,1-3H3. The number of benzene rings is 1. The first-order valence-electron chi connectivity index (χ1n) is 9.93. The number of ether oxygens (including phenoxy) is 2. The molecule has 0 aliphatic carbocycles. The number of carbonyl (C=O) groups is 2. The molecule has 0 fully saturated rings. The zero-order valence-corrected chi connectivity index (χ0v) is 19.0. The largest absolute Gasteiger partial charge is 0.491 e. The van der Waals surface area contributed by atoms with E-state index in [2.05, 4.69) is 11.4 Å². The molecule has 3 rings (SSSR count). The van der Waals surface area contributed by atoms with E-state index < -0.39 is 0 Å². The van der Waals surface area contributed by atoms with E-state index in [1.165, 1.54) is 12.0 Å². The summed E-state index contributed by atoms with van der Waals surface area (Å²) in [5.41, 5.74) is 1.12. The fraction of sp³-hybridized carbons (Fsp3) is 0.455. The number of hydrogen-bond acceptors (Lipinski definition) is 5. The Kier molecular flexibility index (Phi) is 7.75. The summed E-state index contributed by atoms with van der Waals surface area (Å²) in [6.45, 7) is 4.72. The Labute approximate surface area is 186 Å². The lowest BCUT2D eigenvalue weighted by Gasteiger charge is -2.37. The summed E-state index contributed by atoms with van der Waals surface area (Å²) in [4.78, 5) is 30.3. The average Bonchev–Trinajstić information content (AvgIpc) is 3.20. The summed E-state index contributed by atoms with van der Waals surface area (Å²) in [7, 11) is 1.48. The van der Waals surface area contributed by atoms with E-state index in [9.17, 15) is 9.59 Å². The highest BCUT2D eigenvalue weighted by Gasteiger charge is 2.33. The van der Waals surface area contributed by atoms with Crippen molar-refractivity contribution in [3.05, 3.63) is 51.2 Å². The van der Waals surface area contributed by atoms with Gasteiger partial charge in [0.05, 0.1) is 6.04 Å². The van der Waals surface area contributed by atoms with Crippen molar-refractivity contribution in [3.63, 3.8) is 0 Å². The zero-order valence-electron chi connectivity index (χ0n) is 17.5. The van der Waals surface area contributed by atoms with Gasteiger partial charge >= 0.3 is 0 Å². The molecule has 162 valence electrons. The van der Waals surface area contributed by atoms with Gasteiger partial charge in [-0.3, -0.25) is 9.59 Å². The maximum atomic E-state index is 13.2. The van der Waals surface area contributed by atoms with Gasteiger partial charge in [-0.25, -0.2) is 0 Å². The fourth-order valence-electron chi connectivity index (χ4n) is 3.58. The zero-order chi connectivity index (χ0) is 21.7. The minimum Gasteiger partial charge on any atom is -0.491 e. The minimum atomic E-state index is -0.199. The Balaban J connectivity index is 1.76. The van der Waals surface area contributed by atoms with Crippen molar-refractivity contribution in [2.75, 3.05) is 33.4 Å². The molecule has 0 radical (unpaired) electrons. The van der Waals surface area contributed by atoms with Crippen molar-refractivity contribution in [3.8, 4) is 5.75 Å². The molecule has 1 unspecified atom stereocenters. The van der Waals surface area contributed by atoms with Crippen molar-refractivity contribution in [1.82, 2.24) is 9.80 Å². The van der Waals surface area contributed by atoms with Gasteiger partial charge in [-0.2, -0.15) is 0 Å². The first-order chi connectivity index (χ1) is 14.4. The molecule has 1 atom stereocenters. The Morgan fingerprint density at radius 2 is 2.00 bits per heavy atom. The molecule has 1 aromatic carbocycles. The third kappa shape index (κ3) is 5.33. The molecule has 30 heavy (non-hydrogen) atoms. The number of fused-ring (bicyclic) bond motifs is 1. The van der Waals surface area contributed by atoms with Crippen molar-refractivity contribution in [2.45, 2.75) is 32.4 Å². The summed E-state index contributed by atoms with van der Waals surface area (Å²) in [6.07, 6.45) is 0.809. The Hall–Kier alpha value is -2.09. The molecule has 6 nitrogen and oxygen atoms in total. The molecule has 0 saturated carbocycles. The van der Waals surface area contributed by atoms with E-state index in [0.717, 1.165) is 12.0 Å². The van der Waals surface area contributed by atoms with Gasteiger partial charge in [0.1, 0.15) is 25.5 Å². The number of nitrogens with zero attached hydrogens (tertiary/aromatic N) is 2. The second kappa shape index (κ2) is 10.3. The number of hydrogen-bond donors (Lipinski definition) is 0. The van der Waals surface area contributed by atoms with Crippen molar-refractivity contribution >= 4 is 34.8 Å². The summed E-state index contributed by atoms with van der Waals surface area (Å²) >= 11 is 7.66. The van der Waals surface area contributed by atoms with E-state index in [0.29, 0.717) is 23.9 Å². The van der Waals surface area contributed by atoms with Gasteiger partial charge < -0.3 is 19.3 Å². The number of rotatable bonds is 8. The molecule has 2 aromatic rings. The summed E-state index contributed by atoms with van der Waals surface area (Å²) in [5, 5.41) is 2.70. The quantitative estimate of drug-likeness (QED) is 0.614. The topological polar surface area (TPSA) is 59.1 Å². The lowest BCUT2D eigenvalue weighted by Crippen LogP contribution is -2.50. The first-order valence-corrected chi connectivity index (χ1v) is 11.2. The van der Waals surface area contributed by atoms with Gasteiger partial charge in [-0.05, 0) is 61.5 Å². The molecule has 2 heterocycles. The molecule has 0 bridgehead atoms. The van der Waals surface area contributed by atoms with Crippen LogP contribution in [0.5, 0.6) is 5.75 Å². The summed E-state index contributed by atoms with van der Waals surface area (Å²) in [6, 6.07) is 8.95. The number of thiophene rings is 1. The van der Waals surface area contributed by atoms with Crippen LogP contribution in [0, 0.1) is 0 Å². The van der Waals surface area contributed by atoms with E-state index in [4.69, 9.17) is 21.1 Å². The molecule has 1 aliphatic heterocycles. The van der Waals surface area contributed by atoms with Crippen LogP contribution >= 0.6 is 22.9 Å². The second-order valence-corrected chi connectivity index (χ2v) is 8.90. The highest BCUT2D eigenvalue weighted by Crippen LogP contribution is 2.34. The molecule has 0 saturated heterocycles. The van der Waals surface area contributed by atoms with Gasteiger partial charge in [0.2, 0.25) is 11.8 Å². The fourth-order valence-corrected chi connectivity index (χ4v) is 4.64. The van der Waals surface area contributed by atoms with Crippen LogP contribution in [-0.4, -0.2) is 61.1 Å². The summed E-state index contributed by atoms with van der Waals surface area (Å²) < 4.78 is 11.0. The summed E-state index contributed by atoms with van der Waals surface area (Å²) in [5.74, 6) is 0.422. The molecular formula is C22H27ClN2O4S. The molecule has 0 N–H and O–H groups in total. The normalized spacial score (nSPS) is 15.8. The van der Waals surface area contributed by atoms with E-state index in [1.807, 2.05) is 30.9 Å². The van der Waals surface area contributed by atoms with E-state index in [1.54, 1.807) is 28.4 Å².